The van der Waals surface area contributed by atoms with Crippen LogP contribution in [0.2, 0.25) is 5.02 Å². The van der Waals surface area contributed by atoms with E-state index in [-0.39, 0.29) is 0 Å². The van der Waals surface area contributed by atoms with Crippen LogP contribution in [0.3, 0.4) is 0 Å². The number of rotatable bonds is 6. The lowest BCUT2D eigenvalue weighted by molar-refractivity contribution is 0.211. The molecular weight excluding hydrogens is 272 g/mol. The third-order valence-electron chi connectivity index (χ3n) is 3.90. The number of halogens is 1. The molecule has 2 rings (SSSR count). The number of nitrogens with one attached hydrogen (secondary N) is 1. The monoisotopic (exact) mass is 298 g/mol. The van der Waals surface area contributed by atoms with Gasteiger partial charge in [0.15, 0.2) is 0 Å². The van der Waals surface area contributed by atoms with E-state index < -0.39 is 0 Å². The van der Waals surface area contributed by atoms with Crippen molar-refractivity contribution in [1.82, 2.24) is 20.0 Å². The minimum Gasteiger partial charge on any atom is -0.313 e. The Morgan fingerprint density at radius 2 is 2.25 bits per heavy atom. The first-order chi connectivity index (χ1) is 9.47. The third-order valence-corrected chi connectivity index (χ3v) is 4.39. The van der Waals surface area contributed by atoms with Crippen molar-refractivity contribution in [1.29, 1.82) is 0 Å². The highest BCUT2D eigenvalue weighted by molar-refractivity contribution is 6.31. The van der Waals surface area contributed by atoms with Crippen molar-refractivity contribution in [3.8, 4) is 0 Å². The van der Waals surface area contributed by atoms with Gasteiger partial charge in [-0.25, -0.2) is 0 Å². The maximum atomic E-state index is 6.39. The Balaban J connectivity index is 2.05. The summed E-state index contributed by atoms with van der Waals surface area (Å²) >= 11 is 6.39. The van der Waals surface area contributed by atoms with E-state index in [0.717, 1.165) is 42.6 Å². The summed E-state index contributed by atoms with van der Waals surface area (Å²) < 4.78 is 1.92. The number of hydrogen-bond acceptors (Lipinski definition) is 3. The van der Waals surface area contributed by atoms with E-state index in [1.165, 1.54) is 12.8 Å². The Morgan fingerprint density at radius 1 is 1.50 bits per heavy atom. The molecule has 4 nitrogen and oxygen atoms in total. The molecule has 114 valence electrons. The standard InChI is InChI=1S/C15H27ClN4/c1-11(2)8-20(9-13-6-5-7-17-13)10-14-15(16)12(3)18-19(14)4/h11,13,17H,5-10H2,1-4H3. The predicted octanol–water partition coefficient (Wildman–Crippen LogP) is 2.59. The second kappa shape index (κ2) is 6.92. The summed E-state index contributed by atoms with van der Waals surface area (Å²) in [4.78, 5) is 2.51. The molecule has 1 aromatic heterocycles. The van der Waals surface area contributed by atoms with Gasteiger partial charge in [-0.05, 0) is 32.2 Å². The van der Waals surface area contributed by atoms with E-state index in [0.29, 0.717) is 12.0 Å². The van der Waals surface area contributed by atoms with Crippen LogP contribution in [0.25, 0.3) is 0 Å². The smallest absolute Gasteiger partial charge is 0.0860 e. The Morgan fingerprint density at radius 3 is 2.75 bits per heavy atom. The Kier molecular flexibility index (Phi) is 5.47. The lowest BCUT2D eigenvalue weighted by atomic mass is 10.1. The molecule has 1 aromatic rings. The first-order valence-corrected chi connectivity index (χ1v) is 7.99. The zero-order valence-electron chi connectivity index (χ0n) is 13.1. The van der Waals surface area contributed by atoms with Crippen LogP contribution < -0.4 is 5.32 Å². The second-order valence-electron chi connectivity index (χ2n) is 6.35. The van der Waals surface area contributed by atoms with Crippen LogP contribution in [0, 0.1) is 12.8 Å². The van der Waals surface area contributed by atoms with Gasteiger partial charge in [-0.2, -0.15) is 5.10 Å². The van der Waals surface area contributed by atoms with Gasteiger partial charge in [-0.15, -0.1) is 0 Å². The summed E-state index contributed by atoms with van der Waals surface area (Å²) in [6.45, 7) is 10.7. The number of hydrogen-bond donors (Lipinski definition) is 1. The zero-order chi connectivity index (χ0) is 14.7. The molecule has 1 atom stereocenters. The Labute approximate surface area is 127 Å². The van der Waals surface area contributed by atoms with Crippen LogP contribution in [0.15, 0.2) is 0 Å². The van der Waals surface area contributed by atoms with Crippen LogP contribution in [0.4, 0.5) is 0 Å². The van der Waals surface area contributed by atoms with Gasteiger partial charge in [0, 0.05) is 32.7 Å². The number of aryl methyl sites for hydroxylation is 2. The van der Waals surface area contributed by atoms with Gasteiger partial charge in [0.2, 0.25) is 0 Å². The SMILES string of the molecule is Cc1nn(C)c(CN(CC(C)C)CC2CCCN2)c1Cl. The van der Waals surface area contributed by atoms with E-state index in [2.05, 4.69) is 29.2 Å². The van der Waals surface area contributed by atoms with Gasteiger partial charge in [0.25, 0.3) is 0 Å². The van der Waals surface area contributed by atoms with Crippen LogP contribution in [-0.4, -0.2) is 40.4 Å². The molecule has 0 bridgehead atoms. The predicted molar refractivity (Wildman–Crippen MR) is 84.1 cm³/mol. The molecule has 0 radical (unpaired) electrons. The fourth-order valence-corrected chi connectivity index (χ4v) is 3.23. The number of nitrogens with zero attached hydrogens (tertiary/aromatic N) is 3. The van der Waals surface area contributed by atoms with Gasteiger partial charge >= 0.3 is 0 Å². The summed E-state index contributed by atoms with van der Waals surface area (Å²) in [5, 5.41) is 8.82. The quantitative estimate of drug-likeness (QED) is 0.876. The molecular formula is C15H27ClN4. The fraction of sp³-hybridized carbons (Fsp3) is 0.800. The molecule has 0 aliphatic carbocycles. The molecule has 1 aliphatic rings. The van der Waals surface area contributed by atoms with Crippen molar-refractivity contribution < 1.29 is 0 Å². The van der Waals surface area contributed by atoms with E-state index in [9.17, 15) is 0 Å². The molecule has 2 heterocycles. The lowest BCUT2D eigenvalue weighted by Gasteiger charge is -2.27. The van der Waals surface area contributed by atoms with E-state index >= 15 is 0 Å². The van der Waals surface area contributed by atoms with Crippen molar-refractivity contribution in [2.75, 3.05) is 19.6 Å². The zero-order valence-corrected chi connectivity index (χ0v) is 13.9. The fourth-order valence-electron chi connectivity index (χ4n) is 3.01. The second-order valence-corrected chi connectivity index (χ2v) is 6.73. The molecule has 0 amide bonds. The van der Waals surface area contributed by atoms with Crippen LogP contribution >= 0.6 is 11.6 Å². The molecule has 1 aliphatic heterocycles. The van der Waals surface area contributed by atoms with Crippen LogP contribution in [0.5, 0.6) is 0 Å². The van der Waals surface area contributed by atoms with Gasteiger partial charge in [-0.1, -0.05) is 25.4 Å². The molecule has 1 unspecified atom stereocenters. The van der Waals surface area contributed by atoms with Crippen molar-refractivity contribution in [2.24, 2.45) is 13.0 Å². The first kappa shape index (κ1) is 15.8. The minimum absolute atomic E-state index is 0.627. The Bertz CT molecular complexity index is 435. The molecule has 0 aromatic carbocycles. The molecule has 1 fully saturated rings. The molecule has 5 heteroatoms. The third kappa shape index (κ3) is 3.96. The van der Waals surface area contributed by atoms with Gasteiger partial charge in [0.05, 0.1) is 16.4 Å². The molecule has 1 saturated heterocycles. The largest absolute Gasteiger partial charge is 0.313 e. The maximum Gasteiger partial charge on any atom is 0.0860 e. The highest BCUT2D eigenvalue weighted by Crippen LogP contribution is 2.22. The van der Waals surface area contributed by atoms with E-state index in [4.69, 9.17) is 11.6 Å². The summed E-state index contributed by atoms with van der Waals surface area (Å²) in [5.74, 6) is 0.657. The molecule has 0 spiro atoms. The van der Waals surface area contributed by atoms with Crippen molar-refractivity contribution in [2.45, 2.75) is 46.2 Å². The topological polar surface area (TPSA) is 33.1 Å². The van der Waals surface area contributed by atoms with Crippen molar-refractivity contribution in [3.05, 3.63) is 16.4 Å². The normalized spacial score (nSPS) is 19.4. The van der Waals surface area contributed by atoms with Crippen LogP contribution in [0.1, 0.15) is 38.1 Å². The van der Waals surface area contributed by atoms with Crippen molar-refractivity contribution in [3.63, 3.8) is 0 Å². The molecule has 0 saturated carbocycles. The minimum atomic E-state index is 0.627. The molecule has 1 N–H and O–H groups in total. The maximum absolute atomic E-state index is 6.39. The summed E-state index contributed by atoms with van der Waals surface area (Å²) in [5.41, 5.74) is 2.05. The summed E-state index contributed by atoms with van der Waals surface area (Å²) in [6.07, 6.45) is 2.58. The van der Waals surface area contributed by atoms with Gasteiger partial charge in [0.1, 0.15) is 0 Å². The van der Waals surface area contributed by atoms with Crippen molar-refractivity contribution >= 4 is 11.6 Å². The average Bonchev–Trinajstić information content (AvgIpc) is 2.93. The number of aromatic nitrogens is 2. The summed E-state index contributed by atoms with van der Waals surface area (Å²) in [7, 11) is 1.98. The lowest BCUT2D eigenvalue weighted by Crippen LogP contribution is -2.39. The highest BCUT2D eigenvalue weighted by Gasteiger charge is 2.21. The molecule has 20 heavy (non-hydrogen) atoms. The average molecular weight is 299 g/mol. The Hall–Kier alpha value is -0.580. The highest BCUT2D eigenvalue weighted by atomic mass is 35.5. The van der Waals surface area contributed by atoms with E-state index in [1.54, 1.807) is 0 Å². The summed E-state index contributed by atoms with van der Waals surface area (Å²) in [6, 6.07) is 0.627. The van der Waals surface area contributed by atoms with Crippen LogP contribution in [-0.2, 0) is 13.6 Å². The first-order valence-electron chi connectivity index (χ1n) is 7.61. The van der Waals surface area contributed by atoms with Gasteiger partial charge in [-0.3, -0.25) is 9.58 Å². The van der Waals surface area contributed by atoms with Gasteiger partial charge < -0.3 is 5.32 Å². The van der Waals surface area contributed by atoms with E-state index in [1.807, 2.05) is 18.7 Å².